The Morgan fingerprint density at radius 2 is 1.50 bits per heavy atom. The maximum atomic E-state index is 13.3. The molecule has 0 radical (unpaired) electrons. The van der Waals surface area contributed by atoms with E-state index in [-0.39, 0.29) is 5.43 Å². The lowest BCUT2D eigenvalue weighted by Crippen LogP contribution is -2.09. The summed E-state index contributed by atoms with van der Waals surface area (Å²) in [5.41, 5.74) is 3.55. The average Bonchev–Trinajstić information content (AvgIpc) is 2.68. The van der Waals surface area contributed by atoms with E-state index in [0.29, 0.717) is 5.39 Å². The molecule has 4 heteroatoms. The zero-order valence-electron chi connectivity index (χ0n) is 13.6. The molecule has 3 aromatic rings. The van der Waals surface area contributed by atoms with E-state index in [1.54, 1.807) is 11.3 Å². The van der Waals surface area contributed by atoms with E-state index in [1.165, 1.54) is 0 Å². The molecular formula is C22H12BrNOS. The molecule has 3 aromatic carbocycles. The molecule has 0 saturated carbocycles. The first-order chi connectivity index (χ1) is 12.7. The first kappa shape index (κ1) is 15.7. The number of hydrogen-bond donors (Lipinski definition) is 0. The van der Waals surface area contributed by atoms with Crippen LogP contribution in [0.25, 0.3) is 42.7 Å². The maximum Gasteiger partial charge on any atom is 0.195 e. The lowest BCUT2D eigenvalue weighted by atomic mass is 9.96. The Balaban J connectivity index is 2.02. The average molecular weight is 418 g/mol. The molecular weight excluding hydrogens is 406 g/mol. The van der Waals surface area contributed by atoms with Gasteiger partial charge in [-0.1, -0.05) is 64.5 Å². The van der Waals surface area contributed by atoms with Crippen molar-refractivity contribution in [2.24, 2.45) is 0 Å². The third-order valence-electron chi connectivity index (χ3n) is 4.54. The monoisotopic (exact) mass is 417 g/mol. The summed E-state index contributed by atoms with van der Waals surface area (Å²) in [5, 5.41) is 1.63. The van der Waals surface area contributed by atoms with E-state index in [1.807, 2.05) is 66.7 Å². The van der Waals surface area contributed by atoms with Gasteiger partial charge in [-0.05, 0) is 29.8 Å². The highest BCUT2D eigenvalue weighted by Gasteiger charge is 2.21. The minimum atomic E-state index is 0.0590. The van der Waals surface area contributed by atoms with E-state index in [9.17, 15) is 4.79 Å². The van der Waals surface area contributed by atoms with Gasteiger partial charge in [0.05, 0.1) is 20.8 Å². The quantitative estimate of drug-likeness (QED) is 0.235. The topological polar surface area (TPSA) is 30.0 Å². The second kappa shape index (κ2) is 6.01. The first-order valence-electron chi connectivity index (χ1n) is 8.22. The van der Waals surface area contributed by atoms with Crippen LogP contribution in [0, 0.1) is 0 Å². The SMILES string of the molecule is O=c1c(-c2ccc(Br)cc2)c2sc3ccccc3nc-2c2ccccc12. The van der Waals surface area contributed by atoms with Gasteiger partial charge in [0.15, 0.2) is 5.43 Å². The maximum absolute atomic E-state index is 13.3. The molecule has 5 rings (SSSR count). The Hall–Kier alpha value is -2.56. The highest BCUT2D eigenvalue weighted by Crippen LogP contribution is 2.40. The Morgan fingerprint density at radius 3 is 2.31 bits per heavy atom. The van der Waals surface area contributed by atoms with Gasteiger partial charge in [-0.15, -0.1) is 11.3 Å². The molecule has 26 heavy (non-hydrogen) atoms. The van der Waals surface area contributed by atoms with Crippen molar-refractivity contribution >= 4 is 48.3 Å². The van der Waals surface area contributed by atoms with E-state index < -0.39 is 0 Å². The molecule has 2 aliphatic rings. The highest BCUT2D eigenvalue weighted by molar-refractivity contribution is 9.10. The summed E-state index contributed by atoms with van der Waals surface area (Å²) in [6.07, 6.45) is 0. The number of nitrogens with zero attached hydrogens (tertiary/aromatic N) is 1. The van der Waals surface area contributed by atoms with E-state index >= 15 is 0 Å². The van der Waals surface area contributed by atoms with Gasteiger partial charge in [0, 0.05) is 20.8 Å². The van der Waals surface area contributed by atoms with Crippen LogP contribution in [0.3, 0.4) is 0 Å². The molecule has 0 aromatic heterocycles. The van der Waals surface area contributed by atoms with Crippen LogP contribution in [0.4, 0.5) is 0 Å². The van der Waals surface area contributed by atoms with Crippen molar-refractivity contribution < 1.29 is 0 Å². The van der Waals surface area contributed by atoms with Gasteiger partial charge in [0.25, 0.3) is 0 Å². The van der Waals surface area contributed by atoms with Crippen molar-refractivity contribution in [3.63, 3.8) is 0 Å². The lowest BCUT2D eigenvalue weighted by Gasteiger charge is -2.14. The fraction of sp³-hybridized carbons (Fsp3) is 0. The summed E-state index contributed by atoms with van der Waals surface area (Å²) in [6, 6.07) is 23.7. The van der Waals surface area contributed by atoms with Crippen LogP contribution in [-0.2, 0) is 0 Å². The van der Waals surface area contributed by atoms with Crippen LogP contribution < -0.4 is 5.43 Å². The molecule has 1 aliphatic carbocycles. The summed E-state index contributed by atoms with van der Waals surface area (Å²) in [7, 11) is 0. The first-order valence-corrected chi connectivity index (χ1v) is 9.83. The second-order valence-corrected chi connectivity index (χ2v) is 8.08. The predicted octanol–water partition coefficient (Wildman–Crippen LogP) is 6.34. The molecule has 0 fully saturated rings. The molecule has 0 saturated heterocycles. The number of rotatable bonds is 1. The van der Waals surface area contributed by atoms with Crippen molar-refractivity contribution in [1.29, 1.82) is 0 Å². The van der Waals surface area contributed by atoms with Crippen molar-refractivity contribution in [3.05, 3.63) is 87.5 Å². The molecule has 0 amide bonds. The van der Waals surface area contributed by atoms with Gasteiger partial charge >= 0.3 is 0 Å². The third kappa shape index (κ3) is 2.37. The molecule has 0 bridgehead atoms. The summed E-state index contributed by atoms with van der Waals surface area (Å²) in [5.74, 6) is 0. The van der Waals surface area contributed by atoms with Gasteiger partial charge in [0.2, 0.25) is 0 Å². The summed E-state index contributed by atoms with van der Waals surface area (Å²) in [6.45, 7) is 0. The molecule has 0 unspecified atom stereocenters. The molecule has 0 spiro atoms. The van der Waals surface area contributed by atoms with Gasteiger partial charge in [-0.25, -0.2) is 4.98 Å². The molecule has 124 valence electrons. The number of aromatic nitrogens is 1. The van der Waals surface area contributed by atoms with Crippen molar-refractivity contribution in [1.82, 2.24) is 4.98 Å². The Bertz CT molecular complexity index is 1310. The standard InChI is InChI=1S/C22H12BrNOS/c23-14-11-9-13(10-12-14)19-21(25)16-6-2-1-5-15(16)20-22(19)26-18-8-4-3-7-17(18)24-20/h1-12H. The van der Waals surface area contributed by atoms with E-state index in [2.05, 4.69) is 22.0 Å². The van der Waals surface area contributed by atoms with Gasteiger partial charge in [-0.2, -0.15) is 0 Å². The smallest absolute Gasteiger partial charge is 0.195 e. The summed E-state index contributed by atoms with van der Waals surface area (Å²) in [4.78, 5) is 19.2. The normalized spacial score (nSPS) is 11.4. The number of para-hydroxylation sites is 1. The van der Waals surface area contributed by atoms with Crippen LogP contribution in [0.1, 0.15) is 0 Å². The Labute approximate surface area is 162 Å². The summed E-state index contributed by atoms with van der Waals surface area (Å²) >= 11 is 5.10. The lowest BCUT2D eigenvalue weighted by molar-refractivity contribution is 1.44. The zero-order chi connectivity index (χ0) is 17.7. The summed E-state index contributed by atoms with van der Waals surface area (Å²) < 4.78 is 2.07. The van der Waals surface area contributed by atoms with Gasteiger partial charge in [-0.3, -0.25) is 4.79 Å². The fourth-order valence-corrected chi connectivity index (χ4v) is 4.74. The van der Waals surface area contributed by atoms with Crippen LogP contribution in [0.5, 0.6) is 0 Å². The van der Waals surface area contributed by atoms with E-state index in [4.69, 9.17) is 4.98 Å². The molecule has 2 nitrogen and oxygen atoms in total. The van der Waals surface area contributed by atoms with Crippen LogP contribution >= 0.6 is 27.3 Å². The second-order valence-electron chi connectivity index (χ2n) is 6.12. The molecule has 1 aliphatic heterocycles. The minimum Gasteiger partial charge on any atom is -0.289 e. The Kier molecular flexibility index (Phi) is 3.62. The fourth-order valence-electron chi connectivity index (χ4n) is 3.32. The predicted molar refractivity (Wildman–Crippen MR) is 113 cm³/mol. The molecule has 0 N–H and O–H groups in total. The van der Waals surface area contributed by atoms with Crippen molar-refractivity contribution in [2.75, 3.05) is 0 Å². The molecule has 0 atom stereocenters. The van der Waals surface area contributed by atoms with Crippen LogP contribution in [0.15, 0.2) is 82.1 Å². The van der Waals surface area contributed by atoms with Crippen LogP contribution in [0.2, 0.25) is 0 Å². The zero-order valence-corrected chi connectivity index (χ0v) is 16.0. The Morgan fingerprint density at radius 1 is 0.808 bits per heavy atom. The van der Waals surface area contributed by atoms with Crippen molar-refractivity contribution in [3.8, 4) is 21.7 Å². The van der Waals surface area contributed by atoms with Crippen LogP contribution in [-0.4, -0.2) is 4.98 Å². The number of benzene rings is 4. The highest BCUT2D eigenvalue weighted by atomic mass is 79.9. The number of fused-ring (bicyclic) bond motifs is 4. The third-order valence-corrected chi connectivity index (χ3v) is 6.23. The minimum absolute atomic E-state index is 0.0590. The largest absolute Gasteiger partial charge is 0.289 e. The molecule has 1 heterocycles. The van der Waals surface area contributed by atoms with Crippen molar-refractivity contribution in [2.45, 2.75) is 0 Å². The van der Waals surface area contributed by atoms with E-state index in [0.717, 1.165) is 41.8 Å². The number of halogens is 1. The van der Waals surface area contributed by atoms with Gasteiger partial charge in [0.1, 0.15) is 0 Å². The number of hydrogen-bond acceptors (Lipinski definition) is 3. The van der Waals surface area contributed by atoms with Gasteiger partial charge < -0.3 is 0 Å².